The predicted molar refractivity (Wildman–Crippen MR) is 136 cm³/mol. The molecule has 0 radical (unpaired) electrons. The van der Waals surface area contributed by atoms with Crippen LogP contribution < -0.4 is 21.4 Å². The lowest BCUT2D eigenvalue weighted by Gasteiger charge is -2.15. The number of aliphatic hydroxyl groups is 1. The molecule has 2 aromatic heterocycles. The number of hydrogen-bond acceptors (Lipinski definition) is 8. The number of aliphatic hydroxyl groups excluding tert-OH is 1. The van der Waals surface area contributed by atoms with Gasteiger partial charge in [-0.1, -0.05) is 27.5 Å². The van der Waals surface area contributed by atoms with Crippen molar-refractivity contribution < 1.29 is 14.9 Å². The van der Waals surface area contributed by atoms with Gasteiger partial charge in [0.2, 0.25) is 5.95 Å². The third-order valence-corrected chi connectivity index (χ3v) is 5.76. The standard InChI is InChI=1S/C22H20BrClN6O5/c1-29-19-18(20(33)27-22(29)34)30(10-15(31)11-35-16-5-3-14(24)4-6-16)21(26-19)28-25-9-12-8-13(23)2-7-17(12)32/h2-9,15,31-32H,10-11H2,1H3,(H,26,28)(H,27,33,34)/b25-9-/t15-/m0/s1. The van der Waals surface area contributed by atoms with Gasteiger partial charge >= 0.3 is 5.69 Å². The molecule has 0 saturated heterocycles. The number of aromatic amines is 1. The van der Waals surface area contributed by atoms with Gasteiger partial charge in [0.1, 0.15) is 24.2 Å². The summed E-state index contributed by atoms with van der Waals surface area (Å²) in [7, 11) is 1.46. The van der Waals surface area contributed by atoms with Gasteiger partial charge in [-0.2, -0.15) is 10.1 Å². The number of hydrogen-bond donors (Lipinski definition) is 4. The van der Waals surface area contributed by atoms with Crippen LogP contribution in [0.15, 0.2) is 61.6 Å². The number of rotatable bonds is 8. The number of ether oxygens (including phenoxy) is 1. The summed E-state index contributed by atoms with van der Waals surface area (Å²) < 4.78 is 8.92. The highest BCUT2D eigenvalue weighted by Crippen LogP contribution is 2.21. The van der Waals surface area contributed by atoms with Crippen LogP contribution in [0.25, 0.3) is 11.2 Å². The average molecular weight is 564 g/mol. The minimum atomic E-state index is -1.04. The molecule has 0 saturated carbocycles. The summed E-state index contributed by atoms with van der Waals surface area (Å²) in [5, 5.41) is 25.3. The molecule has 0 aliphatic carbocycles. The molecule has 0 amide bonds. The number of phenols is 1. The van der Waals surface area contributed by atoms with Gasteiger partial charge in [-0.05, 0) is 42.5 Å². The number of H-pyrrole nitrogens is 1. The van der Waals surface area contributed by atoms with E-state index in [1.165, 1.54) is 28.5 Å². The number of fused-ring (bicyclic) bond motifs is 1. The number of imidazole rings is 1. The Morgan fingerprint density at radius 1 is 1.29 bits per heavy atom. The van der Waals surface area contributed by atoms with E-state index in [1.54, 1.807) is 36.4 Å². The zero-order valence-corrected chi connectivity index (χ0v) is 20.6. The van der Waals surface area contributed by atoms with Crippen LogP contribution in [0.3, 0.4) is 0 Å². The van der Waals surface area contributed by atoms with Crippen molar-refractivity contribution in [2.24, 2.45) is 12.1 Å². The highest BCUT2D eigenvalue weighted by Gasteiger charge is 2.20. The third kappa shape index (κ3) is 5.56. The van der Waals surface area contributed by atoms with Crippen LogP contribution in [0.1, 0.15) is 5.56 Å². The first-order valence-corrected chi connectivity index (χ1v) is 11.4. The summed E-state index contributed by atoms with van der Waals surface area (Å²) in [6, 6.07) is 11.5. The number of nitrogens with zero attached hydrogens (tertiary/aromatic N) is 4. The number of aryl methyl sites for hydroxylation is 1. The van der Waals surface area contributed by atoms with Crippen molar-refractivity contribution in [2.45, 2.75) is 12.6 Å². The van der Waals surface area contributed by atoms with Gasteiger partial charge in [0.25, 0.3) is 5.56 Å². The molecule has 182 valence electrons. The Kier molecular flexibility index (Phi) is 7.24. The van der Waals surface area contributed by atoms with Gasteiger partial charge in [0, 0.05) is 22.1 Å². The van der Waals surface area contributed by atoms with Crippen molar-refractivity contribution in [3.63, 3.8) is 0 Å². The zero-order valence-electron chi connectivity index (χ0n) is 18.3. The van der Waals surface area contributed by atoms with Crippen molar-refractivity contribution in [2.75, 3.05) is 12.0 Å². The maximum Gasteiger partial charge on any atom is 0.329 e. The molecule has 0 aliphatic heterocycles. The average Bonchev–Trinajstić information content (AvgIpc) is 3.18. The number of nitrogens with one attached hydrogen (secondary N) is 2. The monoisotopic (exact) mass is 562 g/mol. The highest BCUT2D eigenvalue weighted by atomic mass is 79.9. The summed E-state index contributed by atoms with van der Waals surface area (Å²) in [6.45, 7) is -0.176. The van der Waals surface area contributed by atoms with Crippen molar-refractivity contribution in [3.8, 4) is 11.5 Å². The lowest BCUT2D eigenvalue weighted by atomic mass is 10.2. The molecule has 2 heterocycles. The minimum absolute atomic E-state index is 0.0147. The zero-order chi connectivity index (χ0) is 25.1. The summed E-state index contributed by atoms with van der Waals surface area (Å²) in [6.07, 6.45) is 0.325. The summed E-state index contributed by atoms with van der Waals surface area (Å²) >= 11 is 9.20. The Morgan fingerprint density at radius 3 is 2.77 bits per heavy atom. The second kappa shape index (κ2) is 10.3. The quantitative estimate of drug-likeness (QED) is 0.190. The Morgan fingerprint density at radius 2 is 2.03 bits per heavy atom. The number of benzene rings is 2. The summed E-state index contributed by atoms with van der Waals surface area (Å²) in [5.41, 5.74) is 2.02. The molecule has 0 spiro atoms. The fraction of sp³-hybridized carbons (Fsp3) is 0.182. The smallest absolute Gasteiger partial charge is 0.329 e. The van der Waals surface area contributed by atoms with E-state index in [4.69, 9.17) is 16.3 Å². The van der Waals surface area contributed by atoms with E-state index in [0.29, 0.717) is 16.3 Å². The van der Waals surface area contributed by atoms with Gasteiger partial charge in [-0.3, -0.25) is 14.3 Å². The first-order chi connectivity index (χ1) is 16.7. The normalized spacial score (nSPS) is 12.3. The molecular formula is C22H20BrClN6O5. The van der Waals surface area contributed by atoms with Crippen LogP contribution in [0.4, 0.5) is 5.95 Å². The van der Waals surface area contributed by atoms with Crippen LogP contribution in [-0.2, 0) is 13.6 Å². The van der Waals surface area contributed by atoms with Gasteiger partial charge < -0.3 is 19.5 Å². The van der Waals surface area contributed by atoms with E-state index in [2.05, 4.69) is 36.4 Å². The first-order valence-electron chi connectivity index (χ1n) is 10.3. The van der Waals surface area contributed by atoms with Gasteiger partial charge in [0.05, 0.1) is 12.8 Å². The summed E-state index contributed by atoms with van der Waals surface area (Å²) in [5.74, 6) is 0.629. The second-order valence-electron chi connectivity index (χ2n) is 7.53. The molecular weight excluding hydrogens is 544 g/mol. The van der Waals surface area contributed by atoms with Gasteiger partial charge in [-0.25, -0.2) is 10.2 Å². The van der Waals surface area contributed by atoms with Crippen molar-refractivity contribution >= 4 is 50.9 Å². The van der Waals surface area contributed by atoms with E-state index in [1.807, 2.05) is 0 Å². The van der Waals surface area contributed by atoms with Crippen LogP contribution in [-0.4, -0.2) is 48.2 Å². The number of halogens is 2. The van der Waals surface area contributed by atoms with Gasteiger partial charge in [0.15, 0.2) is 11.2 Å². The van der Waals surface area contributed by atoms with Crippen LogP contribution in [0, 0.1) is 0 Å². The van der Waals surface area contributed by atoms with Crippen molar-refractivity contribution in [1.82, 2.24) is 19.1 Å². The molecule has 4 N–H and O–H groups in total. The molecule has 0 aliphatic rings. The predicted octanol–water partition coefficient (Wildman–Crippen LogP) is 2.43. The lowest BCUT2D eigenvalue weighted by molar-refractivity contribution is 0.0938. The molecule has 13 heteroatoms. The van der Waals surface area contributed by atoms with Crippen LogP contribution >= 0.6 is 27.5 Å². The van der Waals surface area contributed by atoms with Crippen LogP contribution in [0.5, 0.6) is 11.5 Å². The second-order valence-corrected chi connectivity index (χ2v) is 8.88. The third-order valence-electron chi connectivity index (χ3n) is 5.01. The number of aromatic hydroxyl groups is 1. The molecule has 11 nitrogen and oxygen atoms in total. The lowest BCUT2D eigenvalue weighted by Crippen LogP contribution is -2.30. The molecule has 0 unspecified atom stereocenters. The molecule has 1 atom stereocenters. The fourth-order valence-electron chi connectivity index (χ4n) is 3.27. The number of hydrazone groups is 1. The van der Waals surface area contributed by atoms with E-state index >= 15 is 0 Å². The molecule has 0 fully saturated rings. The molecule has 0 bridgehead atoms. The Hall–Kier alpha value is -3.61. The maximum absolute atomic E-state index is 12.6. The number of phenolic OH excluding ortho intramolecular Hbond substituents is 1. The fourth-order valence-corrected chi connectivity index (χ4v) is 3.78. The highest BCUT2D eigenvalue weighted by molar-refractivity contribution is 9.10. The van der Waals surface area contributed by atoms with Gasteiger partial charge in [-0.15, -0.1) is 0 Å². The van der Waals surface area contributed by atoms with E-state index in [-0.39, 0.29) is 36.0 Å². The van der Waals surface area contributed by atoms with E-state index in [9.17, 15) is 19.8 Å². The topological polar surface area (TPSA) is 147 Å². The Bertz CT molecular complexity index is 1510. The number of anilines is 1. The molecule has 4 rings (SSSR count). The van der Waals surface area contributed by atoms with Crippen molar-refractivity contribution in [3.05, 3.63) is 78.4 Å². The SMILES string of the molecule is Cn1c(=O)[nH]c(=O)c2c1nc(N/N=C\c1cc(Br)ccc1O)n2C[C@H](O)COc1ccc(Cl)cc1. The molecule has 2 aromatic carbocycles. The molecule has 35 heavy (non-hydrogen) atoms. The minimum Gasteiger partial charge on any atom is -0.507 e. The maximum atomic E-state index is 12.6. The largest absolute Gasteiger partial charge is 0.507 e. The van der Waals surface area contributed by atoms with Crippen molar-refractivity contribution in [1.29, 1.82) is 0 Å². The van der Waals surface area contributed by atoms with E-state index in [0.717, 1.165) is 4.47 Å². The summed E-state index contributed by atoms with van der Waals surface area (Å²) in [4.78, 5) is 31.2. The number of aromatic nitrogens is 4. The Labute approximate surface area is 211 Å². The van der Waals surface area contributed by atoms with Crippen LogP contribution in [0.2, 0.25) is 5.02 Å². The van der Waals surface area contributed by atoms with E-state index < -0.39 is 17.4 Å². The first kappa shape index (κ1) is 24.5. The molecule has 4 aromatic rings. The Balaban J connectivity index is 1.63.